The first-order valence-electron chi connectivity index (χ1n) is 6.21. The molecule has 5 nitrogen and oxygen atoms in total. The third kappa shape index (κ3) is 2.86. The van der Waals surface area contributed by atoms with E-state index in [4.69, 9.17) is 9.47 Å². The van der Waals surface area contributed by atoms with Crippen molar-refractivity contribution < 1.29 is 17.9 Å². The SMILES string of the molecule is C=CCN(CC=C)S(=O)(=O)c1ccc2c(c1)OCCO2. The molecule has 1 aromatic carbocycles. The van der Waals surface area contributed by atoms with Crippen molar-refractivity contribution in [2.45, 2.75) is 4.90 Å². The van der Waals surface area contributed by atoms with Crippen LogP contribution in [0.1, 0.15) is 0 Å². The summed E-state index contributed by atoms with van der Waals surface area (Å²) in [6.45, 7) is 8.49. The molecule has 0 aliphatic carbocycles. The number of fused-ring (bicyclic) bond motifs is 1. The highest BCUT2D eigenvalue weighted by Gasteiger charge is 2.24. The molecule has 0 N–H and O–H groups in total. The van der Waals surface area contributed by atoms with Gasteiger partial charge >= 0.3 is 0 Å². The van der Waals surface area contributed by atoms with Gasteiger partial charge in [0, 0.05) is 19.2 Å². The lowest BCUT2D eigenvalue weighted by Gasteiger charge is -2.22. The highest BCUT2D eigenvalue weighted by molar-refractivity contribution is 7.89. The van der Waals surface area contributed by atoms with Crippen molar-refractivity contribution in [1.29, 1.82) is 0 Å². The zero-order chi connectivity index (χ0) is 14.6. The van der Waals surface area contributed by atoms with Crippen molar-refractivity contribution in [3.05, 3.63) is 43.5 Å². The van der Waals surface area contributed by atoms with Crippen molar-refractivity contribution in [3.8, 4) is 11.5 Å². The standard InChI is InChI=1S/C14H17NO4S/c1-3-7-15(8-4-2)20(16,17)12-5-6-13-14(11-12)19-10-9-18-13/h3-6,11H,1-2,7-10H2. The van der Waals surface area contributed by atoms with E-state index in [1.807, 2.05) is 0 Å². The summed E-state index contributed by atoms with van der Waals surface area (Å²) in [5.74, 6) is 1.02. The van der Waals surface area contributed by atoms with Crippen molar-refractivity contribution in [2.75, 3.05) is 26.3 Å². The second kappa shape index (κ2) is 6.11. The van der Waals surface area contributed by atoms with Crippen LogP contribution in [-0.4, -0.2) is 39.0 Å². The van der Waals surface area contributed by atoms with Gasteiger partial charge in [-0.2, -0.15) is 4.31 Å². The molecule has 6 heteroatoms. The van der Waals surface area contributed by atoms with E-state index < -0.39 is 10.0 Å². The molecule has 1 aliphatic rings. The normalized spacial score (nSPS) is 14.1. The van der Waals surface area contributed by atoms with E-state index in [0.29, 0.717) is 24.7 Å². The van der Waals surface area contributed by atoms with E-state index in [0.717, 1.165) is 0 Å². The molecule has 0 saturated carbocycles. The number of hydrogen-bond donors (Lipinski definition) is 0. The molecule has 2 rings (SSSR count). The van der Waals surface area contributed by atoms with Gasteiger partial charge in [0.25, 0.3) is 0 Å². The number of rotatable bonds is 6. The molecular weight excluding hydrogens is 278 g/mol. The van der Waals surface area contributed by atoms with Gasteiger partial charge in [0.1, 0.15) is 13.2 Å². The summed E-state index contributed by atoms with van der Waals surface area (Å²) >= 11 is 0. The van der Waals surface area contributed by atoms with E-state index in [1.165, 1.54) is 16.4 Å². The van der Waals surface area contributed by atoms with Gasteiger partial charge in [-0.1, -0.05) is 12.2 Å². The Kier molecular flexibility index (Phi) is 4.46. The summed E-state index contributed by atoms with van der Waals surface area (Å²) in [7, 11) is -3.60. The minimum atomic E-state index is -3.60. The van der Waals surface area contributed by atoms with Crippen LogP contribution in [0.25, 0.3) is 0 Å². The summed E-state index contributed by atoms with van der Waals surface area (Å²) in [5.41, 5.74) is 0. The predicted molar refractivity (Wildman–Crippen MR) is 76.6 cm³/mol. The van der Waals surface area contributed by atoms with E-state index in [-0.39, 0.29) is 18.0 Å². The fraction of sp³-hybridized carbons (Fsp3) is 0.286. The smallest absolute Gasteiger partial charge is 0.243 e. The van der Waals surface area contributed by atoms with Crippen LogP contribution in [0.15, 0.2) is 48.4 Å². The number of benzene rings is 1. The van der Waals surface area contributed by atoms with Crippen molar-refractivity contribution >= 4 is 10.0 Å². The molecule has 1 aromatic rings. The van der Waals surface area contributed by atoms with Crippen molar-refractivity contribution in [3.63, 3.8) is 0 Å². The molecule has 0 unspecified atom stereocenters. The van der Waals surface area contributed by atoms with Crippen LogP contribution in [0.4, 0.5) is 0 Å². The molecule has 1 aliphatic heterocycles. The lowest BCUT2D eigenvalue weighted by Crippen LogP contribution is -2.31. The number of nitrogens with zero attached hydrogens (tertiary/aromatic N) is 1. The average molecular weight is 295 g/mol. The van der Waals surface area contributed by atoms with Crippen LogP contribution in [0, 0.1) is 0 Å². The summed E-state index contributed by atoms with van der Waals surface area (Å²) in [4.78, 5) is 0.172. The highest BCUT2D eigenvalue weighted by Crippen LogP contribution is 2.33. The Morgan fingerprint density at radius 3 is 2.30 bits per heavy atom. The van der Waals surface area contributed by atoms with Gasteiger partial charge < -0.3 is 9.47 Å². The Labute approximate surface area is 119 Å². The number of ether oxygens (including phenoxy) is 2. The Morgan fingerprint density at radius 1 is 1.10 bits per heavy atom. The lowest BCUT2D eigenvalue weighted by molar-refractivity contribution is 0.171. The quantitative estimate of drug-likeness (QED) is 0.751. The fourth-order valence-electron chi connectivity index (χ4n) is 1.89. The van der Waals surface area contributed by atoms with Gasteiger partial charge in [-0.3, -0.25) is 0 Å². The first-order chi connectivity index (χ1) is 9.59. The number of sulfonamides is 1. The van der Waals surface area contributed by atoms with Crippen LogP contribution in [0.3, 0.4) is 0 Å². The highest BCUT2D eigenvalue weighted by atomic mass is 32.2. The van der Waals surface area contributed by atoms with Gasteiger partial charge in [0.05, 0.1) is 4.90 Å². The van der Waals surface area contributed by atoms with Crippen LogP contribution in [0.2, 0.25) is 0 Å². The Hall–Kier alpha value is -1.79. The van der Waals surface area contributed by atoms with E-state index >= 15 is 0 Å². The molecule has 0 saturated heterocycles. The molecule has 0 spiro atoms. The summed E-state index contributed by atoms with van der Waals surface area (Å²) in [5, 5.41) is 0. The van der Waals surface area contributed by atoms with E-state index in [9.17, 15) is 8.42 Å². The monoisotopic (exact) mass is 295 g/mol. The Morgan fingerprint density at radius 2 is 1.70 bits per heavy atom. The first-order valence-corrected chi connectivity index (χ1v) is 7.65. The molecule has 0 radical (unpaired) electrons. The predicted octanol–water partition coefficient (Wildman–Crippen LogP) is 1.82. The molecule has 0 fully saturated rings. The summed E-state index contributed by atoms with van der Waals surface area (Å²) in [6.07, 6.45) is 3.08. The van der Waals surface area contributed by atoms with Crippen LogP contribution < -0.4 is 9.47 Å². The maximum atomic E-state index is 12.5. The third-order valence-corrected chi connectivity index (χ3v) is 4.64. The molecule has 0 aromatic heterocycles. The van der Waals surface area contributed by atoms with Gasteiger partial charge in [0.2, 0.25) is 10.0 Å². The second-order valence-corrected chi connectivity index (χ2v) is 6.14. The molecule has 0 bridgehead atoms. The minimum Gasteiger partial charge on any atom is -0.486 e. The van der Waals surface area contributed by atoms with Gasteiger partial charge in [0.15, 0.2) is 11.5 Å². The van der Waals surface area contributed by atoms with Gasteiger partial charge in [-0.25, -0.2) is 8.42 Å². The van der Waals surface area contributed by atoms with Gasteiger partial charge in [-0.15, -0.1) is 13.2 Å². The minimum absolute atomic E-state index is 0.172. The van der Waals surface area contributed by atoms with Crippen LogP contribution >= 0.6 is 0 Å². The summed E-state index contributed by atoms with van der Waals surface area (Å²) < 4.78 is 37.1. The van der Waals surface area contributed by atoms with E-state index in [2.05, 4.69) is 13.2 Å². The second-order valence-electron chi connectivity index (χ2n) is 4.20. The zero-order valence-corrected chi connectivity index (χ0v) is 11.9. The molecule has 0 atom stereocenters. The largest absolute Gasteiger partial charge is 0.486 e. The average Bonchev–Trinajstić information content (AvgIpc) is 2.46. The first kappa shape index (κ1) is 14.6. The molecule has 1 heterocycles. The van der Waals surface area contributed by atoms with E-state index in [1.54, 1.807) is 18.2 Å². The lowest BCUT2D eigenvalue weighted by atomic mass is 10.3. The summed E-state index contributed by atoms with van der Waals surface area (Å²) in [6, 6.07) is 4.62. The third-order valence-electron chi connectivity index (χ3n) is 2.82. The fourth-order valence-corrected chi connectivity index (χ4v) is 3.29. The zero-order valence-electron chi connectivity index (χ0n) is 11.1. The Balaban J connectivity index is 2.37. The molecule has 0 amide bonds. The molecular formula is C14H17NO4S. The van der Waals surface area contributed by atoms with Crippen LogP contribution in [-0.2, 0) is 10.0 Å². The van der Waals surface area contributed by atoms with Crippen LogP contribution in [0.5, 0.6) is 11.5 Å². The topological polar surface area (TPSA) is 55.8 Å². The maximum absolute atomic E-state index is 12.5. The van der Waals surface area contributed by atoms with Gasteiger partial charge in [-0.05, 0) is 12.1 Å². The maximum Gasteiger partial charge on any atom is 0.243 e. The molecule has 20 heavy (non-hydrogen) atoms. The van der Waals surface area contributed by atoms with Crippen molar-refractivity contribution in [2.24, 2.45) is 0 Å². The van der Waals surface area contributed by atoms with Crippen molar-refractivity contribution in [1.82, 2.24) is 4.31 Å². The molecule has 108 valence electrons. The number of hydrogen-bond acceptors (Lipinski definition) is 4. The Bertz CT molecular complexity index is 600.